The standard InChI is InChI=1S/C22H22FNO7S/c1-12(25)20(28)11-32-19(21(29,13(2)26)22(20,30)14(3)27)31-18-6-4-5-15(8-18)16-7-17(23)10-24-9-16/h4-10,19,28-30H,11H2,1-3H3/t19-,20-,21-,22-/m0/s1. The van der Waals surface area contributed by atoms with Crippen molar-refractivity contribution in [1.29, 1.82) is 0 Å². The normalized spacial score (nSPS) is 29.9. The predicted molar refractivity (Wildman–Crippen MR) is 113 cm³/mol. The molecule has 1 saturated heterocycles. The lowest BCUT2D eigenvalue weighted by Gasteiger charge is -2.54. The van der Waals surface area contributed by atoms with E-state index in [9.17, 15) is 34.1 Å². The number of Topliss-reactive ketones (excluding diaryl/α,β-unsaturated/α-hetero) is 3. The van der Waals surface area contributed by atoms with Crippen molar-refractivity contribution in [3.63, 3.8) is 0 Å². The molecule has 10 heteroatoms. The van der Waals surface area contributed by atoms with Crippen molar-refractivity contribution in [1.82, 2.24) is 4.98 Å². The second kappa shape index (κ2) is 8.36. The van der Waals surface area contributed by atoms with E-state index >= 15 is 0 Å². The molecule has 8 nitrogen and oxygen atoms in total. The summed E-state index contributed by atoms with van der Waals surface area (Å²) in [6.45, 7) is 2.74. The molecular formula is C22H22FNO7S. The van der Waals surface area contributed by atoms with Gasteiger partial charge in [-0.05, 0) is 44.5 Å². The molecule has 1 aromatic heterocycles. The number of aliphatic hydroxyl groups is 3. The van der Waals surface area contributed by atoms with Gasteiger partial charge < -0.3 is 20.1 Å². The molecule has 1 aromatic carbocycles. The van der Waals surface area contributed by atoms with Crippen LogP contribution in [0.3, 0.4) is 0 Å². The zero-order valence-electron chi connectivity index (χ0n) is 17.5. The zero-order valence-corrected chi connectivity index (χ0v) is 18.4. The second-order valence-corrected chi connectivity index (χ2v) is 8.74. The third kappa shape index (κ3) is 3.53. The molecule has 1 aliphatic rings. The van der Waals surface area contributed by atoms with Crippen molar-refractivity contribution >= 4 is 29.1 Å². The average Bonchev–Trinajstić information content (AvgIpc) is 2.74. The van der Waals surface area contributed by atoms with Crippen molar-refractivity contribution in [2.45, 2.75) is 43.0 Å². The third-order valence-electron chi connectivity index (χ3n) is 5.68. The Morgan fingerprint density at radius 2 is 1.72 bits per heavy atom. The summed E-state index contributed by atoms with van der Waals surface area (Å²) in [5, 5.41) is 33.4. The van der Waals surface area contributed by atoms with E-state index < -0.39 is 51.2 Å². The van der Waals surface area contributed by atoms with Crippen LogP contribution in [-0.2, 0) is 14.4 Å². The highest BCUT2D eigenvalue weighted by Crippen LogP contribution is 2.49. The minimum atomic E-state index is -3.14. The number of aromatic nitrogens is 1. The van der Waals surface area contributed by atoms with Crippen molar-refractivity contribution in [3.8, 4) is 16.9 Å². The lowest BCUT2D eigenvalue weighted by Crippen LogP contribution is -2.82. The van der Waals surface area contributed by atoms with Gasteiger partial charge in [0.25, 0.3) is 0 Å². The number of rotatable bonds is 6. The maximum atomic E-state index is 13.5. The molecule has 1 fully saturated rings. The fraction of sp³-hybridized carbons (Fsp3) is 0.364. The maximum Gasteiger partial charge on any atom is 0.208 e. The van der Waals surface area contributed by atoms with Gasteiger partial charge in [0.1, 0.15) is 11.6 Å². The van der Waals surface area contributed by atoms with Gasteiger partial charge in [-0.15, -0.1) is 11.8 Å². The van der Waals surface area contributed by atoms with Gasteiger partial charge in [-0.25, -0.2) is 4.39 Å². The summed E-state index contributed by atoms with van der Waals surface area (Å²) in [5.41, 5.74) is -9.38. The van der Waals surface area contributed by atoms with Crippen LogP contribution in [0.1, 0.15) is 20.8 Å². The Hall–Kier alpha value is -2.66. The van der Waals surface area contributed by atoms with E-state index in [1.165, 1.54) is 24.4 Å². The molecule has 0 aliphatic carbocycles. The first-order valence-electron chi connectivity index (χ1n) is 9.57. The van der Waals surface area contributed by atoms with Gasteiger partial charge in [0.05, 0.1) is 6.20 Å². The Morgan fingerprint density at radius 3 is 2.28 bits per heavy atom. The molecular weight excluding hydrogens is 441 g/mol. The molecule has 32 heavy (non-hydrogen) atoms. The van der Waals surface area contributed by atoms with Gasteiger partial charge in [-0.1, -0.05) is 12.1 Å². The zero-order chi connectivity index (χ0) is 23.9. The van der Waals surface area contributed by atoms with Crippen molar-refractivity contribution in [2.75, 3.05) is 5.75 Å². The highest BCUT2D eigenvalue weighted by Gasteiger charge is 2.75. The number of pyridine rings is 1. The van der Waals surface area contributed by atoms with E-state index in [1.807, 2.05) is 0 Å². The summed E-state index contributed by atoms with van der Waals surface area (Å²) in [7, 11) is 0. The predicted octanol–water partition coefficient (Wildman–Crippen LogP) is 1.30. The Balaban J connectivity index is 2.05. The summed E-state index contributed by atoms with van der Waals surface area (Å²) in [4.78, 5) is 41.0. The number of carbonyl (C=O) groups excluding carboxylic acids is 3. The quantitative estimate of drug-likeness (QED) is 0.579. The number of ether oxygens (including phenoxy) is 1. The van der Waals surface area contributed by atoms with E-state index in [-0.39, 0.29) is 5.75 Å². The molecule has 170 valence electrons. The SMILES string of the molecule is CC(=O)[C@]1(O)[C@@](O)(C(C)=O)CS[C@H](Oc2cccc(-c3cncc(F)c3)c2)[C@@]1(O)C(C)=O. The topological polar surface area (TPSA) is 134 Å². The number of hydrogen-bond acceptors (Lipinski definition) is 9. The average molecular weight is 463 g/mol. The van der Waals surface area contributed by atoms with Gasteiger partial charge in [0.2, 0.25) is 5.60 Å². The summed E-state index contributed by atoms with van der Waals surface area (Å²) < 4.78 is 19.3. The molecule has 2 heterocycles. The summed E-state index contributed by atoms with van der Waals surface area (Å²) in [5.74, 6) is -4.15. The summed E-state index contributed by atoms with van der Waals surface area (Å²) in [6, 6.07) is 7.49. The number of benzene rings is 1. The van der Waals surface area contributed by atoms with E-state index in [4.69, 9.17) is 4.74 Å². The van der Waals surface area contributed by atoms with E-state index in [0.717, 1.165) is 27.0 Å². The van der Waals surface area contributed by atoms with Crippen molar-refractivity contribution < 1.29 is 38.8 Å². The van der Waals surface area contributed by atoms with Crippen LogP contribution in [0.15, 0.2) is 42.7 Å². The minimum Gasteiger partial charge on any atom is -0.476 e. The highest BCUT2D eigenvalue weighted by atomic mass is 32.2. The van der Waals surface area contributed by atoms with Crippen LogP contribution in [0.25, 0.3) is 11.1 Å². The minimum absolute atomic E-state index is 0.128. The van der Waals surface area contributed by atoms with Crippen LogP contribution in [0, 0.1) is 5.82 Å². The molecule has 4 atom stereocenters. The number of carbonyl (C=O) groups is 3. The monoisotopic (exact) mass is 463 g/mol. The van der Waals surface area contributed by atoms with Crippen LogP contribution in [0.4, 0.5) is 4.39 Å². The fourth-order valence-electron chi connectivity index (χ4n) is 3.81. The lowest BCUT2D eigenvalue weighted by molar-refractivity contribution is -0.235. The Bertz CT molecular complexity index is 1100. The molecule has 0 radical (unpaired) electrons. The van der Waals surface area contributed by atoms with Gasteiger partial charge in [0, 0.05) is 17.5 Å². The largest absolute Gasteiger partial charge is 0.476 e. The summed E-state index contributed by atoms with van der Waals surface area (Å²) in [6.07, 6.45) is 2.49. The van der Waals surface area contributed by atoms with Crippen LogP contribution >= 0.6 is 11.8 Å². The van der Waals surface area contributed by atoms with E-state index in [1.54, 1.807) is 12.1 Å². The van der Waals surface area contributed by atoms with Crippen molar-refractivity contribution in [2.24, 2.45) is 0 Å². The lowest BCUT2D eigenvalue weighted by atomic mass is 9.65. The second-order valence-electron chi connectivity index (χ2n) is 7.69. The first-order valence-corrected chi connectivity index (χ1v) is 10.6. The van der Waals surface area contributed by atoms with Crippen LogP contribution < -0.4 is 4.74 Å². The maximum absolute atomic E-state index is 13.5. The Kier molecular flexibility index (Phi) is 6.27. The van der Waals surface area contributed by atoms with Crippen LogP contribution in [0.2, 0.25) is 0 Å². The first-order chi connectivity index (χ1) is 14.9. The van der Waals surface area contributed by atoms with Crippen molar-refractivity contribution in [3.05, 3.63) is 48.5 Å². The Labute approximate surface area is 187 Å². The number of halogens is 1. The van der Waals surface area contributed by atoms with Gasteiger partial charge in [-0.2, -0.15) is 0 Å². The number of nitrogens with zero attached hydrogens (tertiary/aromatic N) is 1. The van der Waals surface area contributed by atoms with Gasteiger partial charge >= 0.3 is 0 Å². The van der Waals surface area contributed by atoms with Gasteiger partial charge in [-0.3, -0.25) is 19.4 Å². The van der Waals surface area contributed by atoms with Crippen LogP contribution in [0.5, 0.6) is 5.75 Å². The molecule has 3 rings (SSSR count). The Morgan fingerprint density at radius 1 is 1.03 bits per heavy atom. The van der Waals surface area contributed by atoms with E-state index in [0.29, 0.717) is 22.9 Å². The molecule has 2 aromatic rings. The molecule has 0 amide bonds. The fourth-order valence-corrected chi connectivity index (χ4v) is 5.37. The number of hydrogen-bond donors (Lipinski definition) is 3. The smallest absolute Gasteiger partial charge is 0.208 e. The van der Waals surface area contributed by atoms with Crippen LogP contribution in [-0.4, -0.2) is 65.6 Å². The number of thioether (sulfide) groups is 1. The third-order valence-corrected chi connectivity index (χ3v) is 7.00. The van der Waals surface area contributed by atoms with E-state index in [2.05, 4.69) is 4.98 Å². The summed E-state index contributed by atoms with van der Waals surface area (Å²) >= 11 is 0.704. The molecule has 0 unspecified atom stereocenters. The molecule has 3 N–H and O–H groups in total. The molecule has 1 aliphatic heterocycles. The van der Waals surface area contributed by atoms with Gasteiger partial charge in [0.15, 0.2) is 34.0 Å². The molecule has 0 bridgehead atoms. The first kappa shape index (κ1) is 24.0. The molecule has 0 saturated carbocycles. The highest BCUT2D eigenvalue weighted by molar-refractivity contribution is 8.00. The molecule has 0 spiro atoms. The number of ketones is 3.